The molecule has 1 amide bonds. The van der Waals surface area contributed by atoms with Crippen LogP contribution in [0.15, 0.2) is 48.7 Å². The largest absolute Gasteiger partial charge is 0.396 e. The highest BCUT2D eigenvalue weighted by atomic mass is 32.1. The fraction of sp³-hybridized carbons (Fsp3) is 0.278. The van der Waals surface area contributed by atoms with Gasteiger partial charge in [0.2, 0.25) is 0 Å². The molecule has 1 N–H and O–H groups in total. The Kier molecular flexibility index (Phi) is 5.17. The van der Waals surface area contributed by atoms with Crippen molar-refractivity contribution in [1.82, 2.24) is 14.9 Å². The summed E-state index contributed by atoms with van der Waals surface area (Å²) in [6, 6.07) is 13.4. The quantitative estimate of drug-likeness (QED) is 0.748. The van der Waals surface area contributed by atoms with Crippen molar-refractivity contribution in [2.45, 2.75) is 25.9 Å². The lowest BCUT2D eigenvalue weighted by Crippen LogP contribution is -2.38. The Labute approximate surface area is 144 Å². The molecule has 0 fully saturated rings. The second-order valence-corrected chi connectivity index (χ2v) is 6.60. The average molecular weight is 341 g/mol. The highest BCUT2D eigenvalue weighted by Crippen LogP contribution is 2.23. The van der Waals surface area contributed by atoms with Crippen molar-refractivity contribution < 1.29 is 9.90 Å². The fourth-order valence-electron chi connectivity index (χ4n) is 2.53. The number of amides is 1. The first kappa shape index (κ1) is 16.5. The summed E-state index contributed by atoms with van der Waals surface area (Å²) in [5.74, 6) is -0.122. The summed E-state index contributed by atoms with van der Waals surface area (Å²) in [7, 11) is 0. The van der Waals surface area contributed by atoms with Crippen molar-refractivity contribution in [2.75, 3.05) is 6.61 Å². The number of nitrogens with zero attached hydrogens (tertiary/aromatic N) is 3. The number of aliphatic hydroxyl groups is 1. The summed E-state index contributed by atoms with van der Waals surface area (Å²) in [4.78, 5) is 24.2. The van der Waals surface area contributed by atoms with E-state index >= 15 is 0 Å². The number of pyridine rings is 1. The molecule has 0 bridgehead atoms. The Hall–Kier alpha value is -2.31. The van der Waals surface area contributed by atoms with Gasteiger partial charge in [0.05, 0.1) is 0 Å². The van der Waals surface area contributed by atoms with Gasteiger partial charge in [-0.2, -0.15) is 0 Å². The number of aromatic nitrogens is 2. The molecule has 124 valence electrons. The molecular formula is C18H19N3O2S. The van der Waals surface area contributed by atoms with Crippen LogP contribution in [0.3, 0.4) is 0 Å². The Morgan fingerprint density at radius 1 is 1.25 bits per heavy atom. The maximum absolute atomic E-state index is 13.0. The molecule has 24 heavy (non-hydrogen) atoms. The number of carbonyl (C=O) groups excluding carboxylic acids is 1. The van der Waals surface area contributed by atoms with Crippen molar-refractivity contribution in [3.63, 3.8) is 0 Å². The normalized spacial score (nSPS) is 12.2. The molecule has 0 radical (unpaired) electrons. The average Bonchev–Trinajstić information content (AvgIpc) is 3.04. The van der Waals surface area contributed by atoms with E-state index in [4.69, 9.17) is 0 Å². The summed E-state index contributed by atoms with van der Waals surface area (Å²) < 4.78 is 0. The number of carbonyl (C=O) groups is 1. The number of thiazole rings is 1. The van der Waals surface area contributed by atoms with Crippen LogP contribution in [0, 0.1) is 0 Å². The molecule has 3 rings (SSSR count). The van der Waals surface area contributed by atoms with Crippen LogP contribution in [-0.2, 0) is 6.54 Å². The Balaban J connectivity index is 1.89. The van der Waals surface area contributed by atoms with Crippen molar-refractivity contribution in [3.8, 4) is 0 Å². The topological polar surface area (TPSA) is 66.3 Å². The van der Waals surface area contributed by atoms with E-state index in [0.29, 0.717) is 18.0 Å². The first-order valence-electron chi connectivity index (χ1n) is 7.86. The zero-order valence-corrected chi connectivity index (χ0v) is 14.2. The van der Waals surface area contributed by atoms with Gasteiger partial charge < -0.3 is 10.0 Å². The van der Waals surface area contributed by atoms with Crippen LogP contribution < -0.4 is 0 Å². The molecule has 0 spiro atoms. The minimum Gasteiger partial charge on any atom is -0.396 e. The van der Waals surface area contributed by atoms with Crippen molar-refractivity contribution in [1.29, 1.82) is 0 Å². The van der Waals surface area contributed by atoms with Crippen molar-refractivity contribution in [2.24, 2.45) is 0 Å². The molecule has 0 saturated carbocycles. The maximum Gasteiger partial charge on any atom is 0.283 e. The van der Waals surface area contributed by atoms with Gasteiger partial charge in [0, 0.05) is 25.4 Å². The summed E-state index contributed by atoms with van der Waals surface area (Å²) in [5, 5.41) is 9.69. The van der Waals surface area contributed by atoms with Crippen LogP contribution in [-0.4, -0.2) is 38.5 Å². The second-order valence-electron chi connectivity index (χ2n) is 5.63. The van der Waals surface area contributed by atoms with Gasteiger partial charge in [0.25, 0.3) is 5.91 Å². The molecule has 5 nitrogen and oxygen atoms in total. The van der Waals surface area contributed by atoms with E-state index in [-0.39, 0.29) is 18.6 Å². The van der Waals surface area contributed by atoms with Gasteiger partial charge in [0.1, 0.15) is 10.3 Å². The lowest BCUT2D eigenvalue weighted by molar-refractivity contribution is 0.0648. The predicted molar refractivity (Wildman–Crippen MR) is 94.9 cm³/mol. The highest BCUT2D eigenvalue weighted by molar-refractivity contribution is 7.19. The SMILES string of the molecule is CC(CCO)N(Cc1ccccc1)C(=O)c1nc2cccnc2s1. The van der Waals surface area contributed by atoms with Gasteiger partial charge >= 0.3 is 0 Å². The summed E-state index contributed by atoms with van der Waals surface area (Å²) in [6.07, 6.45) is 2.23. The van der Waals surface area contributed by atoms with E-state index in [9.17, 15) is 9.90 Å². The van der Waals surface area contributed by atoms with E-state index in [1.165, 1.54) is 11.3 Å². The van der Waals surface area contributed by atoms with Gasteiger partial charge in [-0.15, -0.1) is 0 Å². The number of hydrogen-bond donors (Lipinski definition) is 1. The molecule has 0 saturated heterocycles. The van der Waals surface area contributed by atoms with Crippen LogP contribution in [0.2, 0.25) is 0 Å². The number of benzene rings is 1. The lowest BCUT2D eigenvalue weighted by Gasteiger charge is -2.28. The third kappa shape index (κ3) is 3.60. The van der Waals surface area contributed by atoms with Crippen LogP contribution in [0.5, 0.6) is 0 Å². The Morgan fingerprint density at radius 2 is 2.04 bits per heavy atom. The van der Waals surface area contributed by atoms with E-state index in [1.807, 2.05) is 49.4 Å². The maximum atomic E-state index is 13.0. The number of hydrogen-bond acceptors (Lipinski definition) is 5. The zero-order chi connectivity index (χ0) is 16.9. The van der Waals surface area contributed by atoms with E-state index < -0.39 is 0 Å². The molecule has 0 aliphatic carbocycles. The molecule has 1 aromatic carbocycles. The van der Waals surface area contributed by atoms with Crippen LogP contribution in [0.25, 0.3) is 10.3 Å². The van der Waals surface area contributed by atoms with E-state index in [1.54, 1.807) is 11.1 Å². The fourth-order valence-corrected chi connectivity index (χ4v) is 3.40. The summed E-state index contributed by atoms with van der Waals surface area (Å²) >= 11 is 1.30. The van der Waals surface area contributed by atoms with Gasteiger partial charge in [-0.1, -0.05) is 41.7 Å². The molecule has 2 heterocycles. The number of rotatable bonds is 6. The predicted octanol–water partition coefficient (Wildman–Crippen LogP) is 3.10. The Bertz CT molecular complexity index is 786. The molecule has 2 aromatic heterocycles. The highest BCUT2D eigenvalue weighted by Gasteiger charge is 2.24. The van der Waals surface area contributed by atoms with E-state index in [0.717, 1.165) is 15.9 Å². The van der Waals surface area contributed by atoms with Crippen LogP contribution in [0.1, 0.15) is 28.7 Å². The van der Waals surface area contributed by atoms with Gasteiger partial charge in [-0.05, 0) is 31.0 Å². The third-order valence-corrected chi connectivity index (χ3v) is 4.85. The summed E-state index contributed by atoms with van der Waals surface area (Å²) in [6.45, 7) is 2.48. The lowest BCUT2D eigenvalue weighted by atomic mass is 10.1. The van der Waals surface area contributed by atoms with Crippen molar-refractivity contribution in [3.05, 3.63) is 59.2 Å². The Morgan fingerprint density at radius 3 is 2.75 bits per heavy atom. The molecule has 0 aliphatic heterocycles. The van der Waals surface area contributed by atoms with Gasteiger partial charge in [0.15, 0.2) is 5.01 Å². The summed E-state index contributed by atoms with van der Waals surface area (Å²) in [5.41, 5.74) is 1.79. The zero-order valence-electron chi connectivity index (χ0n) is 13.4. The van der Waals surface area contributed by atoms with Crippen LogP contribution in [0.4, 0.5) is 0 Å². The van der Waals surface area contributed by atoms with Crippen molar-refractivity contribution >= 4 is 27.6 Å². The molecule has 1 unspecified atom stereocenters. The van der Waals surface area contributed by atoms with Gasteiger partial charge in [-0.25, -0.2) is 9.97 Å². The molecule has 6 heteroatoms. The van der Waals surface area contributed by atoms with Gasteiger partial charge in [-0.3, -0.25) is 4.79 Å². The minimum atomic E-state index is -0.122. The molecule has 3 aromatic rings. The first-order chi connectivity index (χ1) is 11.7. The molecule has 0 aliphatic rings. The third-order valence-electron chi connectivity index (χ3n) is 3.88. The van der Waals surface area contributed by atoms with E-state index in [2.05, 4.69) is 9.97 Å². The standard InChI is InChI=1S/C18H19N3O2S/c1-13(9-11-22)21(12-14-6-3-2-4-7-14)18(23)17-20-15-8-5-10-19-16(15)24-17/h2-8,10,13,22H,9,11-12H2,1H3. The minimum absolute atomic E-state index is 0.0428. The molecular weight excluding hydrogens is 322 g/mol. The smallest absolute Gasteiger partial charge is 0.283 e. The second kappa shape index (κ2) is 7.51. The monoisotopic (exact) mass is 341 g/mol. The molecule has 1 atom stereocenters. The van der Waals surface area contributed by atoms with Crippen LogP contribution >= 0.6 is 11.3 Å². The first-order valence-corrected chi connectivity index (χ1v) is 8.68. The number of aliphatic hydroxyl groups excluding tert-OH is 1. The number of fused-ring (bicyclic) bond motifs is 1.